The van der Waals surface area contributed by atoms with Crippen LogP contribution in [0, 0.1) is 0 Å². The van der Waals surface area contributed by atoms with Gasteiger partial charge in [-0.1, -0.05) is 49.4 Å². The summed E-state index contributed by atoms with van der Waals surface area (Å²) in [5.41, 5.74) is 8.11. The van der Waals surface area contributed by atoms with Crippen LogP contribution in [0.5, 0.6) is 0 Å². The molecule has 0 radical (unpaired) electrons. The van der Waals surface area contributed by atoms with Crippen LogP contribution in [0.25, 0.3) is 38.6 Å². The second-order valence-electron chi connectivity index (χ2n) is 7.61. The monoisotopic (exact) mass is 375 g/mol. The van der Waals surface area contributed by atoms with Crippen molar-refractivity contribution in [3.05, 3.63) is 95.8 Å². The fraction of sp³-hybridized carbons (Fsp3) is 0.0769. The van der Waals surface area contributed by atoms with Crippen LogP contribution >= 0.6 is 0 Å². The Bertz CT molecular complexity index is 1440. The van der Waals surface area contributed by atoms with Crippen LogP contribution in [-0.4, -0.2) is 10.8 Å². The van der Waals surface area contributed by atoms with Gasteiger partial charge in [0.25, 0.3) is 11.5 Å². The van der Waals surface area contributed by atoms with E-state index in [1.807, 2.05) is 35.0 Å². The number of carbonyl (C=O) groups is 1. The highest BCUT2D eigenvalue weighted by Gasteiger charge is 2.37. The molecule has 3 heterocycles. The minimum absolute atomic E-state index is 0.0770. The fourth-order valence-electron chi connectivity index (χ4n) is 4.46. The molecule has 138 valence electrons. The van der Waals surface area contributed by atoms with Crippen molar-refractivity contribution in [3.8, 4) is 16.8 Å². The van der Waals surface area contributed by atoms with Crippen LogP contribution in [0.15, 0.2) is 79.0 Å². The molecule has 1 aliphatic rings. The number of nitrogens with one attached hydrogen (secondary N) is 1. The zero-order valence-electron chi connectivity index (χ0n) is 16.1. The van der Waals surface area contributed by atoms with Gasteiger partial charge in [0.1, 0.15) is 11.1 Å². The summed E-state index contributed by atoms with van der Waals surface area (Å²) < 4.78 is 2.00. The zero-order valence-corrected chi connectivity index (χ0v) is 16.1. The Morgan fingerprint density at radius 3 is 2.48 bits per heavy atom. The van der Waals surface area contributed by atoms with E-state index >= 15 is 0 Å². The smallest absolute Gasteiger partial charge is 0.284 e. The Morgan fingerprint density at radius 2 is 1.66 bits per heavy atom. The minimum Gasteiger partial charge on any atom is -0.349 e. The van der Waals surface area contributed by atoms with Gasteiger partial charge in [0.05, 0.1) is 0 Å². The molecule has 0 atom stereocenters. The molecule has 0 unspecified atom stereocenters. The maximum absolute atomic E-state index is 13.1. The van der Waals surface area contributed by atoms with Crippen molar-refractivity contribution in [3.63, 3.8) is 0 Å². The molecular formula is C26H19N2O+. The van der Waals surface area contributed by atoms with Crippen molar-refractivity contribution in [2.24, 2.45) is 0 Å². The van der Waals surface area contributed by atoms with Crippen molar-refractivity contribution < 1.29 is 9.36 Å². The number of nitrogens with zero attached hydrogens (tertiary/aromatic N) is 1. The third kappa shape index (κ3) is 2.24. The molecule has 0 spiro atoms. The molecular weight excluding hydrogens is 356 g/mol. The number of aromatic nitrogens is 2. The number of aromatic amines is 1. The van der Waals surface area contributed by atoms with Crippen LogP contribution in [0.2, 0.25) is 0 Å². The van der Waals surface area contributed by atoms with Gasteiger partial charge in [0.15, 0.2) is 6.20 Å². The zero-order chi connectivity index (χ0) is 19.5. The van der Waals surface area contributed by atoms with Gasteiger partial charge in [0, 0.05) is 28.4 Å². The van der Waals surface area contributed by atoms with E-state index in [-0.39, 0.29) is 5.78 Å². The highest BCUT2D eigenvalue weighted by molar-refractivity contribution is 6.20. The Kier molecular flexibility index (Phi) is 3.30. The van der Waals surface area contributed by atoms with Crippen LogP contribution in [-0.2, 0) is 6.42 Å². The maximum atomic E-state index is 13.1. The number of benzene rings is 3. The number of hydrogen-bond acceptors (Lipinski definition) is 1. The summed E-state index contributed by atoms with van der Waals surface area (Å²) in [6.45, 7) is 2.17. The van der Waals surface area contributed by atoms with E-state index in [1.165, 1.54) is 16.7 Å². The first-order chi connectivity index (χ1) is 14.2. The number of hydrogen-bond donors (Lipinski definition) is 1. The highest BCUT2D eigenvalue weighted by Crippen LogP contribution is 2.33. The molecule has 3 aromatic carbocycles. The number of ketones is 1. The molecule has 3 heteroatoms. The Hall–Kier alpha value is -3.72. The van der Waals surface area contributed by atoms with E-state index in [0.29, 0.717) is 5.69 Å². The molecule has 29 heavy (non-hydrogen) atoms. The summed E-state index contributed by atoms with van der Waals surface area (Å²) in [7, 11) is 0. The number of H-pyrrole nitrogens is 1. The molecule has 5 aromatic rings. The largest absolute Gasteiger partial charge is 0.349 e. The molecule has 0 bridgehead atoms. The van der Waals surface area contributed by atoms with E-state index in [2.05, 4.69) is 60.4 Å². The normalized spacial score (nSPS) is 12.5. The van der Waals surface area contributed by atoms with Crippen LogP contribution in [0.3, 0.4) is 0 Å². The third-order valence-electron chi connectivity index (χ3n) is 6.03. The molecule has 1 N–H and O–H groups in total. The molecule has 0 saturated heterocycles. The first-order valence-electron chi connectivity index (χ1n) is 9.98. The Labute approximate surface area is 168 Å². The maximum Gasteiger partial charge on any atom is 0.284 e. The van der Waals surface area contributed by atoms with Crippen molar-refractivity contribution in [1.29, 1.82) is 0 Å². The van der Waals surface area contributed by atoms with Gasteiger partial charge in [-0.05, 0) is 41.3 Å². The minimum atomic E-state index is 0.0770. The van der Waals surface area contributed by atoms with E-state index in [4.69, 9.17) is 0 Å². The SMILES string of the molecule is CCc1ccc(-c2ccc3[nH]c4c5[n+](ccc4c3c2)-c2ccccc2C5=O)cc1. The Morgan fingerprint density at radius 1 is 0.862 bits per heavy atom. The molecule has 0 amide bonds. The third-order valence-corrected chi connectivity index (χ3v) is 6.03. The van der Waals surface area contributed by atoms with Crippen LogP contribution in [0.1, 0.15) is 28.5 Å². The lowest BCUT2D eigenvalue weighted by molar-refractivity contribution is -0.592. The number of aryl methyl sites for hydroxylation is 1. The second-order valence-corrected chi connectivity index (χ2v) is 7.61. The van der Waals surface area contributed by atoms with E-state index in [0.717, 1.165) is 39.5 Å². The summed E-state index contributed by atoms with van der Waals surface area (Å²) in [5, 5.41) is 2.23. The van der Waals surface area contributed by atoms with Gasteiger partial charge in [0.2, 0.25) is 5.69 Å². The molecule has 0 fully saturated rings. The van der Waals surface area contributed by atoms with Crippen molar-refractivity contribution in [1.82, 2.24) is 4.98 Å². The highest BCUT2D eigenvalue weighted by atomic mass is 16.1. The lowest BCUT2D eigenvalue weighted by Crippen LogP contribution is -2.31. The first-order valence-corrected chi connectivity index (χ1v) is 9.98. The standard InChI is InChI=1S/C26H18N2O/c1-2-16-7-9-17(10-8-16)18-11-12-22-21(15-18)19-13-14-28-23-6-4-3-5-20(23)26(29)25(28)24(19)27-22/h3-15H,2H2,1H3/p+1. The Balaban J connectivity index is 1.57. The van der Waals surface area contributed by atoms with E-state index in [1.54, 1.807) is 0 Å². The number of rotatable bonds is 2. The van der Waals surface area contributed by atoms with Gasteiger partial charge in [-0.2, -0.15) is 4.57 Å². The van der Waals surface area contributed by atoms with Crippen molar-refractivity contribution in [2.45, 2.75) is 13.3 Å². The lowest BCUT2D eigenvalue weighted by Gasteiger charge is -2.04. The second kappa shape index (κ2) is 5.89. The topological polar surface area (TPSA) is 36.7 Å². The summed E-state index contributed by atoms with van der Waals surface area (Å²) >= 11 is 0. The molecule has 0 aliphatic carbocycles. The van der Waals surface area contributed by atoms with E-state index in [9.17, 15) is 4.79 Å². The van der Waals surface area contributed by atoms with Crippen molar-refractivity contribution >= 4 is 27.6 Å². The summed E-state index contributed by atoms with van der Waals surface area (Å²) in [6.07, 6.45) is 3.05. The molecule has 6 rings (SSSR count). The lowest BCUT2D eigenvalue weighted by atomic mass is 10.0. The fourth-order valence-corrected chi connectivity index (χ4v) is 4.46. The summed E-state index contributed by atoms with van der Waals surface area (Å²) in [5.74, 6) is 0.0770. The van der Waals surface area contributed by atoms with Gasteiger partial charge < -0.3 is 4.98 Å². The number of fused-ring (bicyclic) bond motifs is 7. The van der Waals surface area contributed by atoms with Gasteiger partial charge >= 0.3 is 0 Å². The average Bonchev–Trinajstić information content (AvgIpc) is 3.29. The van der Waals surface area contributed by atoms with Gasteiger partial charge in [-0.15, -0.1) is 0 Å². The molecule has 1 aliphatic heterocycles. The summed E-state index contributed by atoms with van der Waals surface area (Å²) in [4.78, 5) is 16.6. The van der Waals surface area contributed by atoms with Crippen LogP contribution < -0.4 is 4.57 Å². The van der Waals surface area contributed by atoms with Gasteiger partial charge in [-0.3, -0.25) is 4.79 Å². The van der Waals surface area contributed by atoms with Crippen molar-refractivity contribution in [2.75, 3.05) is 0 Å². The number of para-hydroxylation sites is 1. The number of pyridine rings is 1. The van der Waals surface area contributed by atoms with E-state index < -0.39 is 0 Å². The first kappa shape index (κ1) is 16.3. The predicted octanol–water partition coefficient (Wildman–Crippen LogP) is 5.37. The average molecular weight is 375 g/mol. The molecule has 2 aromatic heterocycles. The van der Waals surface area contributed by atoms with Crippen LogP contribution in [0.4, 0.5) is 0 Å². The summed E-state index contributed by atoms with van der Waals surface area (Å²) in [6, 6.07) is 25.1. The number of carbonyl (C=O) groups excluding carboxylic acids is 1. The predicted molar refractivity (Wildman–Crippen MR) is 116 cm³/mol. The van der Waals surface area contributed by atoms with Gasteiger partial charge in [-0.25, -0.2) is 0 Å². The molecule has 3 nitrogen and oxygen atoms in total. The quantitative estimate of drug-likeness (QED) is 0.406. The molecule has 0 saturated carbocycles.